The summed E-state index contributed by atoms with van der Waals surface area (Å²) in [4.78, 5) is 8.62. The average Bonchev–Trinajstić information content (AvgIpc) is 3.22. The summed E-state index contributed by atoms with van der Waals surface area (Å²) in [6.45, 7) is 0. The number of aromatic nitrogens is 2. The Morgan fingerprint density at radius 2 is 2.11 bits per heavy atom. The third kappa shape index (κ3) is 2.23. The molecule has 4 nitrogen and oxygen atoms in total. The van der Waals surface area contributed by atoms with E-state index in [1.807, 2.05) is 0 Å². The van der Waals surface area contributed by atoms with Crippen molar-refractivity contribution in [2.75, 3.05) is 12.8 Å². The van der Waals surface area contributed by atoms with Crippen LogP contribution in [0.5, 0.6) is 5.75 Å². The number of nitrogen functional groups attached to an aromatic ring is 1. The maximum Gasteiger partial charge on any atom is 0.174 e. The Hall–Kier alpha value is -2.17. The Morgan fingerprint density at radius 1 is 1.32 bits per heavy atom. The van der Waals surface area contributed by atoms with Crippen molar-refractivity contribution in [3.63, 3.8) is 0 Å². The summed E-state index contributed by atoms with van der Waals surface area (Å²) in [7, 11) is 1.44. The van der Waals surface area contributed by atoms with Crippen molar-refractivity contribution in [2.45, 2.75) is 18.8 Å². The standard InChI is InChI=1S/C14H14FN3O/c1-19-11-4-2-3-9(13(11)15)10-7-12(16)18-14(17-10)8-5-6-8/h2-4,7-8H,5-6H2,1H3,(H2,16,17,18). The van der Waals surface area contributed by atoms with Gasteiger partial charge in [0.15, 0.2) is 11.6 Å². The van der Waals surface area contributed by atoms with Crippen LogP contribution in [0.3, 0.4) is 0 Å². The van der Waals surface area contributed by atoms with E-state index in [2.05, 4.69) is 9.97 Å². The molecule has 1 aromatic heterocycles. The van der Waals surface area contributed by atoms with E-state index in [1.54, 1.807) is 24.3 Å². The third-order valence-corrected chi connectivity index (χ3v) is 3.16. The minimum absolute atomic E-state index is 0.197. The molecule has 1 heterocycles. The van der Waals surface area contributed by atoms with Gasteiger partial charge in [-0.1, -0.05) is 6.07 Å². The zero-order valence-corrected chi connectivity index (χ0v) is 10.6. The Bertz CT molecular complexity index is 626. The number of ether oxygens (including phenoxy) is 1. The first kappa shape index (κ1) is 11.9. The van der Waals surface area contributed by atoms with Gasteiger partial charge in [-0.3, -0.25) is 0 Å². The van der Waals surface area contributed by atoms with Crippen LogP contribution in [0.1, 0.15) is 24.6 Å². The molecule has 0 aliphatic heterocycles. The van der Waals surface area contributed by atoms with Crippen molar-refractivity contribution in [1.29, 1.82) is 0 Å². The van der Waals surface area contributed by atoms with Crippen LogP contribution in [-0.4, -0.2) is 17.1 Å². The number of benzene rings is 1. The largest absolute Gasteiger partial charge is 0.494 e. The molecule has 1 aromatic carbocycles. The SMILES string of the molecule is COc1cccc(-c2cc(N)nc(C3CC3)n2)c1F. The number of halogens is 1. The van der Waals surface area contributed by atoms with E-state index in [4.69, 9.17) is 10.5 Å². The van der Waals surface area contributed by atoms with Gasteiger partial charge in [-0.15, -0.1) is 0 Å². The molecule has 1 aliphatic carbocycles. The van der Waals surface area contributed by atoms with E-state index < -0.39 is 5.82 Å². The number of methoxy groups -OCH3 is 1. The highest BCUT2D eigenvalue weighted by molar-refractivity contribution is 5.64. The number of hydrogen-bond donors (Lipinski definition) is 1. The molecular formula is C14H14FN3O. The first-order valence-electron chi connectivity index (χ1n) is 6.16. The molecule has 0 atom stereocenters. The van der Waals surface area contributed by atoms with Gasteiger partial charge in [-0.25, -0.2) is 14.4 Å². The third-order valence-electron chi connectivity index (χ3n) is 3.16. The predicted octanol–water partition coefficient (Wildman–Crippen LogP) is 2.75. The maximum absolute atomic E-state index is 14.2. The monoisotopic (exact) mass is 259 g/mol. The summed E-state index contributed by atoms with van der Waals surface area (Å²) >= 11 is 0. The second-order valence-electron chi connectivity index (χ2n) is 4.63. The molecule has 0 unspecified atom stereocenters. The van der Waals surface area contributed by atoms with Crippen molar-refractivity contribution in [3.05, 3.63) is 35.9 Å². The van der Waals surface area contributed by atoms with Crippen molar-refractivity contribution in [3.8, 4) is 17.0 Å². The van der Waals surface area contributed by atoms with Crippen LogP contribution in [0, 0.1) is 5.82 Å². The van der Waals surface area contributed by atoms with Crippen molar-refractivity contribution < 1.29 is 9.13 Å². The molecule has 5 heteroatoms. The zero-order chi connectivity index (χ0) is 13.4. The number of nitrogens with zero attached hydrogens (tertiary/aromatic N) is 2. The highest BCUT2D eigenvalue weighted by Gasteiger charge is 2.27. The molecule has 0 saturated heterocycles. The predicted molar refractivity (Wildman–Crippen MR) is 70.4 cm³/mol. The molecule has 1 saturated carbocycles. The zero-order valence-electron chi connectivity index (χ0n) is 10.6. The lowest BCUT2D eigenvalue weighted by molar-refractivity contribution is 0.387. The van der Waals surface area contributed by atoms with Gasteiger partial charge in [0, 0.05) is 17.5 Å². The van der Waals surface area contributed by atoms with E-state index >= 15 is 0 Å². The van der Waals surface area contributed by atoms with Crippen LogP contribution >= 0.6 is 0 Å². The van der Waals surface area contributed by atoms with E-state index in [1.165, 1.54) is 7.11 Å². The molecule has 98 valence electrons. The van der Waals surface area contributed by atoms with Crippen LogP contribution in [0.15, 0.2) is 24.3 Å². The number of rotatable bonds is 3. The maximum atomic E-state index is 14.2. The molecule has 2 aromatic rings. The fraction of sp³-hybridized carbons (Fsp3) is 0.286. The minimum Gasteiger partial charge on any atom is -0.494 e. The van der Waals surface area contributed by atoms with Crippen LogP contribution in [0.25, 0.3) is 11.3 Å². The number of anilines is 1. The van der Waals surface area contributed by atoms with Crippen LogP contribution in [-0.2, 0) is 0 Å². The first-order chi connectivity index (χ1) is 9.19. The summed E-state index contributed by atoms with van der Waals surface area (Å²) in [5.74, 6) is 1.22. The summed E-state index contributed by atoms with van der Waals surface area (Å²) in [6.07, 6.45) is 2.15. The van der Waals surface area contributed by atoms with Gasteiger partial charge in [0.05, 0.1) is 12.8 Å². The molecule has 1 fully saturated rings. The molecule has 0 amide bonds. The Labute approximate surface area is 110 Å². The molecular weight excluding hydrogens is 245 g/mol. The van der Waals surface area contributed by atoms with Gasteiger partial charge in [0.1, 0.15) is 11.6 Å². The van der Waals surface area contributed by atoms with Crippen LogP contribution in [0.2, 0.25) is 0 Å². The molecule has 3 rings (SSSR count). The van der Waals surface area contributed by atoms with Crippen molar-refractivity contribution in [1.82, 2.24) is 9.97 Å². The van der Waals surface area contributed by atoms with Gasteiger partial charge < -0.3 is 10.5 Å². The van der Waals surface area contributed by atoms with Crippen LogP contribution in [0.4, 0.5) is 10.2 Å². The van der Waals surface area contributed by atoms with E-state index in [0.29, 0.717) is 28.8 Å². The van der Waals surface area contributed by atoms with Gasteiger partial charge in [0.2, 0.25) is 0 Å². The summed E-state index contributed by atoms with van der Waals surface area (Å²) in [5, 5.41) is 0. The van der Waals surface area contributed by atoms with Crippen molar-refractivity contribution in [2.24, 2.45) is 0 Å². The molecule has 2 N–H and O–H groups in total. The summed E-state index contributed by atoms with van der Waals surface area (Å²) in [5.41, 5.74) is 6.67. The number of hydrogen-bond acceptors (Lipinski definition) is 4. The quantitative estimate of drug-likeness (QED) is 0.920. The fourth-order valence-electron chi connectivity index (χ4n) is 2.01. The molecule has 19 heavy (non-hydrogen) atoms. The van der Waals surface area contributed by atoms with E-state index in [-0.39, 0.29) is 5.75 Å². The van der Waals surface area contributed by atoms with Gasteiger partial charge in [-0.2, -0.15) is 0 Å². The molecule has 0 bridgehead atoms. The normalized spacial score (nSPS) is 14.4. The number of nitrogens with two attached hydrogens (primary N) is 1. The van der Waals surface area contributed by atoms with Crippen LogP contribution < -0.4 is 10.5 Å². The second-order valence-corrected chi connectivity index (χ2v) is 4.63. The fourth-order valence-corrected chi connectivity index (χ4v) is 2.01. The Balaban J connectivity index is 2.11. The van der Waals surface area contributed by atoms with Crippen molar-refractivity contribution >= 4 is 5.82 Å². The summed E-state index contributed by atoms with van der Waals surface area (Å²) in [6, 6.07) is 6.55. The minimum atomic E-state index is -0.426. The molecule has 0 radical (unpaired) electrons. The molecule has 0 spiro atoms. The molecule has 1 aliphatic rings. The Morgan fingerprint density at radius 3 is 2.79 bits per heavy atom. The highest BCUT2D eigenvalue weighted by atomic mass is 19.1. The lowest BCUT2D eigenvalue weighted by atomic mass is 10.1. The average molecular weight is 259 g/mol. The van der Waals surface area contributed by atoms with Gasteiger partial charge in [-0.05, 0) is 25.0 Å². The van der Waals surface area contributed by atoms with Gasteiger partial charge in [0.25, 0.3) is 0 Å². The highest BCUT2D eigenvalue weighted by Crippen LogP contribution is 2.39. The smallest absolute Gasteiger partial charge is 0.174 e. The van der Waals surface area contributed by atoms with E-state index in [9.17, 15) is 4.39 Å². The van der Waals surface area contributed by atoms with E-state index in [0.717, 1.165) is 12.8 Å². The topological polar surface area (TPSA) is 61.0 Å². The first-order valence-corrected chi connectivity index (χ1v) is 6.16. The van der Waals surface area contributed by atoms with Gasteiger partial charge >= 0.3 is 0 Å². The Kier molecular flexibility index (Phi) is 2.81. The summed E-state index contributed by atoms with van der Waals surface area (Å²) < 4.78 is 19.2. The lowest BCUT2D eigenvalue weighted by Gasteiger charge is -2.08. The lowest BCUT2D eigenvalue weighted by Crippen LogP contribution is -2.01. The second kappa shape index (κ2) is 4.50.